The summed E-state index contributed by atoms with van der Waals surface area (Å²) in [5, 5.41) is 11.5. The minimum absolute atomic E-state index is 0.0254. The molecule has 0 spiro atoms. The molecule has 0 aromatic carbocycles. The Morgan fingerprint density at radius 3 is 2.67 bits per heavy atom. The van der Waals surface area contributed by atoms with Crippen LogP contribution in [0.4, 0.5) is 0 Å². The molecule has 12 heavy (non-hydrogen) atoms. The number of thiol groups is 1. The maximum atomic E-state index is 10.8. The van der Waals surface area contributed by atoms with E-state index in [0.29, 0.717) is 6.54 Å². The molecule has 0 atom stereocenters. The second-order valence-electron chi connectivity index (χ2n) is 3.41. The molecule has 1 aliphatic rings. The zero-order valence-electron chi connectivity index (χ0n) is 7.05. The van der Waals surface area contributed by atoms with Gasteiger partial charge in [0.05, 0.1) is 5.75 Å². The van der Waals surface area contributed by atoms with Crippen molar-refractivity contribution in [1.82, 2.24) is 5.32 Å². The normalized spacial score (nSPS) is 18.8. The topological polar surface area (TPSA) is 49.3 Å². The monoisotopic (exact) mass is 189 g/mol. The van der Waals surface area contributed by atoms with Crippen LogP contribution in [0.3, 0.4) is 0 Å². The highest BCUT2D eigenvalue weighted by atomic mass is 32.1. The summed E-state index contributed by atoms with van der Waals surface area (Å²) in [6, 6.07) is 0. The summed E-state index contributed by atoms with van der Waals surface area (Å²) >= 11 is 3.86. The summed E-state index contributed by atoms with van der Waals surface area (Å²) in [6.45, 7) is 0.920. The summed E-state index contributed by atoms with van der Waals surface area (Å²) in [5.41, 5.74) is 0.216. The third kappa shape index (κ3) is 2.68. The second kappa shape index (κ2) is 4.14. The maximum Gasteiger partial charge on any atom is 0.229 e. The molecule has 0 radical (unpaired) electrons. The van der Waals surface area contributed by atoms with Gasteiger partial charge in [-0.3, -0.25) is 4.79 Å². The first-order valence-corrected chi connectivity index (χ1v) is 4.84. The van der Waals surface area contributed by atoms with Gasteiger partial charge in [-0.05, 0) is 24.7 Å². The molecule has 70 valence electrons. The van der Waals surface area contributed by atoms with E-state index in [9.17, 15) is 4.79 Å². The van der Waals surface area contributed by atoms with Crippen molar-refractivity contribution in [3.8, 4) is 0 Å². The Labute approximate surface area is 77.9 Å². The average molecular weight is 189 g/mol. The first-order valence-electron chi connectivity index (χ1n) is 4.21. The first-order chi connectivity index (χ1) is 5.72. The lowest BCUT2D eigenvalue weighted by molar-refractivity contribution is -0.118. The predicted molar refractivity (Wildman–Crippen MR) is 50.2 cm³/mol. The minimum atomic E-state index is -0.0254. The van der Waals surface area contributed by atoms with Crippen LogP contribution in [-0.4, -0.2) is 29.9 Å². The largest absolute Gasteiger partial charge is 0.396 e. The molecule has 0 aromatic heterocycles. The third-order valence-electron chi connectivity index (χ3n) is 2.40. The predicted octanol–water partition coefficient (Wildman–Crippen LogP) is 0.195. The molecule has 0 aromatic rings. The molecule has 0 saturated heterocycles. The number of rotatable bonds is 5. The molecule has 1 fully saturated rings. The van der Waals surface area contributed by atoms with Crippen molar-refractivity contribution in [3.63, 3.8) is 0 Å². The van der Waals surface area contributed by atoms with Gasteiger partial charge in [-0.2, -0.15) is 12.6 Å². The highest BCUT2D eigenvalue weighted by Crippen LogP contribution is 2.47. The van der Waals surface area contributed by atoms with Crippen molar-refractivity contribution in [2.45, 2.75) is 19.3 Å². The lowest BCUT2D eigenvalue weighted by atomic mass is 10.0. The lowest BCUT2D eigenvalue weighted by Gasteiger charge is -2.13. The Hall–Kier alpha value is -0.220. The van der Waals surface area contributed by atoms with Crippen LogP contribution in [0, 0.1) is 5.41 Å². The van der Waals surface area contributed by atoms with E-state index in [4.69, 9.17) is 5.11 Å². The molecule has 4 heteroatoms. The number of amides is 1. The van der Waals surface area contributed by atoms with Crippen LogP contribution in [-0.2, 0) is 4.79 Å². The second-order valence-corrected chi connectivity index (χ2v) is 3.72. The quantitative estimate of drug-likeness (QED) is 0.541. The Bertz CT molecular complexity index is 168. The van der Waals surface area contributed by atoms with E-state index in [2.05, 4.69) is 17.9 Å². The van der Waals surface area contributed by atoms with Gasteiger partial charge in [0.25, 0.3) is 0 Å². The number of hydrogen-bond donors (Lipinski definition) is 3. The fourth-order valence-electron chi connectivity index (χ4n) is 1.27. The number of aliphatic hydroxyl groups is 1. The lowest BCUT2D eigenvalue weighted by Crippen LogP contribution is -2.31. The summed E-state index contributed by atoms with van der Waals surface area (Å²) < 4.78 is 0. The Kier molecular flexibility index (Phi) is 3.40. The van der Waals surface area contributed by atoms with Crippen molar-refractivity contribution in [3.05, 3.63) is 0 Å². The number of carbonyl (C=O) groups excluding carboxylic acids is 1. The Balaban J connectivity index is 2.17. The van der Waals surface area contributed by atoms with Crippen molar-refractivity contribution in [2.24, 2.45) is 5.41 Å². The molecule has 2 N–H and O–H groups in total. The van der Waals surface area contributed by atoms with Gasteiger partial charge in [-0.15, -0.1) is 0 Å². The van der Waals surface area contributed by atoms with Crippen molar-refractivity contribution in [1.29, 1.82) is 0 Å². The van der Waals surface area contributed by atoms with Gasteiger partial charge in [-0.25, -0.2) is 0 Å². The van der Waals surface area contributed by atoms with E-state index < -0.39 is 0 Å². The van der Waals surface area contributed by atoms with Crippen LogP contribution >= 0.6 is 12.6 Å². The van der Waals surface area contributed by atoms with Gasteiger partial charge in [0.2, 0.25) is 5.91 Å². The Morgan fingerprint density at radius 2 is 2.25 bits per heavy atom. The molecule has 0 heterocycles. The van der Waals surface area contributed by atoms with Crippen LogP contribution in [0.25, 0.3) is 0 Å². The van der Waals surface area contributed by atoms with Gasteiger partial charge in [0, 0.05) is 13.2 Å². The molecule has 3 nitrogen and oxygen atoms in total. The summed E-state index contributed by atoms with van der Waals surface area (Å²) in [5.74, 6) is 0.220. The van der Waals surface area contributed by atoms with Crippen molar-refractivity contribution < 1.29 is 9.90 Å². The molecule has 0 unspecified atom stereocenters. The van der Waals surface area contributed by atoms with E-state index in [0.717, 1.165) is 19.3 Å². The molecule has 1 saturated carbocycles. The molecule has 0 bridgehead atoms. The van der Waals surface area contributed by atoms with Crippen LogP contribution in [0.15, 0.2) is 0 Å². The summed E-state index contributed by atoms with van der Waals surface area (Å²) in [4.78, 5) is 10.8. The fraction of sp³-hybridized carbons (Fsp3) is 0.875. The standard InChI is InChI=1S/C8H15NO2S/c10-4-3-8(1-2-8)6-9-7(11)5-12/h10,12H,1-6H2,(H,9,11). The Morgan fingerprint density at radius 1 is 1.58 bits per heavy atom. The van der Waals surface area contributed by atoms with Gasteiger partial charge in [0.15, 0.2) is 0 Å². The van der Waals surface area contributed by atoms with E-state index >= 15 is 0 Å². The summed E-state index contributed by atoms with van der Waals surface area (Å²) in [7, 11) is 0. The molecular formula is C8H15NO2S. The molecular weight excluding hydrogens is 174 g/mol. The van der Waals surface area contributed by atoms with Crippen LogP contribution in [0.1, 0.15) is 19.3 Å². The van der Waals surface area contributed by atoms with E-state index in [1.165, 1.54) is 0 Å². The smallest absolute Gasteiger partial charge is 0.229 e. The van der Waals surface area contributed by atoms with Crippen molar-refractivity contribution >= 4 is 18.5 Å². The molecule has 1 aliphatic carbocycles. The SMILES string of the molecule is O=C(CS)NCC1(CCO)CC1. The molecule has 1 rings (SSSR count). The first kappa shape index (κ1) is 9.86. The fourth-order valence-corrected chi connectivity index (χ4v) is 1.38. The highest BCUT2D eigenvalue weighted by Gasteiger charge is 2.41. The number of aliphatic hydroxyl groups excluding tert-OH is 1. The van der Waals surface area contributed by atoms with Gasteiger partial charge >= 0.3 is 0 Å². The zero-order chi connectivity index (χ0) is 9.03. The van der Waals surface area contributed by atoms with E-state index in [1.54, 1.807) is 0 Å². The van der Waals surface area contributed by atoms with Crippen LogP contribution < -0.4 is 5.32 Å². The van der Waals surface area contributed by atoms with Crippen LogP contribution in [0.5, 0.6) is 0 Å². The highest BCUT2D eigenvalue weighted by molar-refractivity contribution is 7.81. The summed E-state index contributed by atoms with van der Waals surface area (Å²) in [6.07, 6.45) is 3.06. The van der Waals surface area contributed by atoms with E-state index in [-0.39, 0.29) is 23.7 Å². The molecule has 1 amide bonds. The van der Waals surface area contributed by atoms with E-state index in [1.807, 2.05) is 0 Å². The number of nitrogens with one attached hydrogen (secondary N) is 1. The van der Waals surface area contributed by atoms with Crippen molar-refractivity contribution in [2.75, 3.05) is 18.9 Å². The van der Waals surface area contributed by atoms with Gasteiger partial charge < -0.3 is 10.4 Å². The average Bonchev–Trinajstić information content (AvgIpc) is 2.82. The van der Waals surface area contributed by atoms with Crippen LogP contribution in [0.2, 0.25) is 0 Å². The maximum absolute atomic E-state index is 10.8. The minimum Gasteiger partial charge on any atom is -0.396 e. The number of hydrogen-bond acceptors (Lipinski definition) is 3. The van der Waals surface area contributed by atoms with Gasteiger partial charge in [0.1, 0.15) is 0 Å². The number of carbonyl (C=O) groups is 1. The van der Waals surface area contributed by atoms with Gasteiger partial charge in [-0.1, -0.05) is 0 Å². The zero-order valence-corrected chi connectivity index (χ0v) is 7.94. The molecule has 0 aliphatic heterocycles. The third-order valence-corrected chi connectivity index (χ3v) is 2.69.